The summed E-state index contributed by atoms with van der Waals surface area (Å²) in [7, 11) is 0. The number of nitrogens with two attached hydrogens (primary N) is 1. The van der Waals surface area contributed by atoms with Crippen molar-refractivity contribution in [2.24, 2.45) is 0 Å². The first-order chi connectivity index (χ1) is 8.66. The van der Waals surface area contributed by atoms with Crippen LogP contribution < -0.4 is 11.1 Å². The molecule has 0 spiro atoms. The molecule has 3 N–H and O–H groups in total. The van der Waals surface area contributed by atoms with Crippen molar-refractivity contribution in [2.45, 2.75) is 6.10 Å². The van der Waals surface area contributed by atoms with Crippen LogP contribution in [0, 0.1) is 0 Å². The molecule has 0 aliphatic carbocycles. The van der Waals surface area contributed by atoms with Crippen molar-refractivity contribution in [3.63, 3.8) is 0 Å². The van der Waals surface area contributed by atoms with E-state index in [1.54, 1.807) is 18.2 Å². The van der Waals surface area contributed by atoms with Gasteiger partial charge in [0.15, 0.2) is 0 Å². The van der Waals surface area contributed by atoms with E-state index in [1.165, 1.54) is 0 Å². The van der Waals surface area contributed by atoms with Crippen LogP contribution in [0.3, 0.4) is 0 Å². The summed E-state index contributed by atoms with van der Waals surface area (Å²) in [6.07, 6.45) is -0.0736. The van der Waals surface area contributed by atoms with E-state index in [-0.39, 0.29) is 12.0 Å². The van der Waals surface area contributed by atoms with Gasteiger partial charge in [0, 0.05) is 22.3 Å². The lowest BCUT2D eigenvalue weighted by molar-refractivity contribution is -0.0855. The number of carbonyl (C=O) groups excluding carboxylic acids is 1. The molecule has 0 radical (unpaired) electrons. The SMILES string of the molecule is Nc1cc(C(=O)NCC2COCCO2)ccc1Br. The monoisotopic (exact) mass is 314 g/mol. The van der Waals surface area contributed by atoms with Gasteiger partial charge in [0.05, 0.1) is 25.9 Å². The van der Waals surface area contributed by atoms with Gasteiger partial charge in [-0.25, -0.2) is 0 Å². The van der Waals surface area contributed by atoms with E-state index in [4.69, 9.17) is 15.2 Å². The van der Waals surface area contributed by atoms with Gasteiger partial charge in [-0.05, 0) is 34.1 Å². The van der Waals surface area contributed by atoms with Crippen LogP contribution in [0.4, 0.5) is 5.69 Å². The van der Waals surface area contributed by atoms with Crippen LogP contribution in [-0.4, -0.2) is 38.4 Å². The number of nitrogen functional groups attached to an aromatic ring is 1. The number of nitrogens with one attached hydrogen (secondary N) is 1. The van der Waals surface area contributed by atoms with Crippen molar-refractivity contribution in [2.75, 3.05) is 32.1 Å². The lowest BCUT2D eigenvalue weighted by Crippen LogP contribution is -2.39. The molecule has 1 aliphatic heterocycles. The van der Waals surface area contributed by atoms with Gasteiger partial charge in [0.1, 0.15) is 0 Å². The zero-order valence-corrected chi connectivity index (χ0v) is 11.4. The molecule has 1 heterocycles. The topological polar surface area (TPSA) is 73.6 Å². The van der Waals surface area contributed by atoms with Crippen molar-refractivity contribution in [3.05, 3.63) is 28.2 Å². The number of hydrogen-bond acceptors (Lipinski definition) is 4. The Hall–Kier alpha value is -1.11. The predicted octanol–water partition coefficient (Wildman–Crippen LogP) is 1.18. The molecule has 0 bridgehead atoms. The standard InChI is InChI=1S/C12H15BrN2O3/c13-10-2-1-8(5-11(10)14)12(16)15-6-9-7-17-3-4-18-9/h1-2,5,9H,3-4,6-7,14H2,(H,15,16). The van der Waals surface area contributed by atoms with Crippen LogP contribution in [0.25, 0.3) is 0 Å². The molecular weight excluding hydrogens is 300 g/mol. The quantitative estimate of drug-likeness (QED) is 0.822. The Morgan fingerprint density at radius 2 is 2.33 bits per heavy atom. The average Bonchev–Trinajstić information content (AvgIpc) is 2.40. The molecule has 18 heavy (non-hydrogen) atoms. The minimum absolute atomic E-state index is 0.0736. The average molecular weight is 315 g/mol. The number of hydrogen-bond donors (Lipinski definition) is 2. The molecule has 98 valence electrons. The summed E-state index contributed by atoms with van der Waals surface area (Å²) in [5.41, 5.74) is 6.80. The fourth-order valence-electron chi connectivity index (χ4n) is 1.65. The maximum absolute atomic E-state index is 11.9. The highest BCUT2D eigenvalue weighted by Gasteiger charge is 2.16. The van der Waals surface area contributed by atoms with Crippen molar-refractivity contribution < 1.29 is 14.3 Å². The molecule has 5 nitrogen and oxygen atoms in total. The Balaban J connectivity index is 1.88. The van der Waals surface area contributed by atoms with Crippen molar-refractivity contribution >= 4 is 27.5 Å². The summed E-state index contributed by atoms with van der Waals surface area (Å²) >= 11 is 3.29. The second-order valence-electron chi connectivity index (χ2n) is 4.01. The molecule has 1 aliphatic rings. The first kappa shape index (κ1) is 13.3. The molecule has 1 amide bonds. The van der Waals surface area contributed by atoms with Crippen molar-refractivity contribution in [3.8, 4) is 0 Å². The van der Waals surface area contributed by atoms with E-state index in [1.807, 2.05) is 0 Å². The predicted molar refractivity (Wildman–Crippen MR) is 71.4 cm³/mol. The highest BCUT2D eigenvalue weighted by atomic mass is 79.9. The maximum atomic E-state index is 11.9. The Labute approximate surface area is 114 Å². The van der Waals surface area contributed by atoms with Crippen LogP contribution in [0.2, 0.25) is 0 Å². The summed E-state index contributed by atoms with van der Waals surface area (Å²) in [6, 6.07) is 5.11. The highest BCUT2D eigenvalue weighted by Crippen LogP contribution is 2.20. The zero-order valence-electron chi connectivity index (χ0n) is 9.82. The summed E-state index contributed by atoms with van der Waals surface area (Å²) in [5, 5.41) is 2.80. The highest BCUT2D eigenvalue weighted by molar-refractivity contribution is 9.10. The molecule has 1 atom stereocenters. The molecule has 2 rings (SSSR count). The minimum atomic E-state index is -0.164. The summed E-state index contributed by atoms with van der Waals surface area (Å²) in [5.74, 6) is -0.164. The number of rotatable bonds is 3. The van der Waals surface area contributed by atoms with Gasteiger partial charge < -0.3 is 20.5 Å². The maximum Gasteiger partial charge on any atom is 0.251 e. The molecule has 0 aromatic heterocycles. The van der Waals surface area contributed by atoms with Crippen molar-refractivity contribution in [1.82, 2.24) is 5.32 Å². The van der Waals surface area contributed by atoms with E-state index in [0.29, 0.717) is 37.6 Å². The number of benzene rings is 1. The molecule has 1 aromatic rings. The Morgan fingerprint density at radius 3 is 3.00 bits per heavy atom. The Morgan fingerprint density at radius 1 is 1.50 bits per heavy atom. The third kappa shape index (κ3) is 3.44. The van der Waals surface area contributed by atoms with Crippen LogP contribution in [0.15, 0.2) is 22.7 Å². The van der Waals surface area contributed by atoms with E-state index in [9.17, 15) is 4.79 Å². The first-order valence-corrected chi connectivity index (χ1v) is 6.48. The molecule has 0 saturated carbocycles. The van der Waals surface area contributed by atoms with Gasteiger partial charge in [0.2, 0.25) is 0 Å². The Kier molecular flexibility index (Phi) is 4.57. The van der Waals surface area contributed by atoms with Gasteiger partial charge in [-0.1, -0.05) is 0 Å². The summed E-state index contributed by atoms with van der Waals surface area (Å²) < 4.78 is 11.5. The molecule has 1 saturated heterocycles. The minimum Gasteiger partial charge on any atom is -0.398 e. The van der Waals surface area contributed by atoms with Gasteiger partial charge in [-0.3, -0.25) is 4.79 Å². The van der Waals surface area contributed by atoms with Crippen LogP contribution in [0.1, 0.15) is 10.4 Å². The fourth-order valence-corrected chi connectivity index (χ4v) is 1.89. The smallest absolute Gasteiger partial charge is 0.251 e. The number of ether oxygens (including phenoxy) is 2. The Bertz CT molecular complexity index is 433. The third-order valence-corrected chi connectivity index (χ3v) is 3.36. The molecule has 1 fully saturated rings. The third-order valence-electron chi connectivity index (χ3n) is 2.63. The van der Waals surface area contributed by atoms with Gasteiger partial charge >= 0.3 is 0 Å². The van der Waals surface area contributed by atoms with Gasteiger partial charge in [-0.2, -0.15) is 0 Å². The van der Waals surface area contributed by atoms with Crippen LogP contribution in [-0.2, 0) is 9.47 Å². The second-order valence-corrected chi connectivity index (χ2v) is 4.87. The number of carbonyl (C=O) groups is 1. The van der Waals surface area contributed by atoms with E-state index in [0.717, 1.165) is 4.47 Å². The van der Waals surface area contributed by atoms with E-state index in [2.05, 4.69) is 21.2 Å². The zero-order chi connectivity index (χ0) is 13.0. The summed E-state index contributed by atoms with van der Waals surface area (Å²) in [4.78, 5) is 11.9. The van der Waals surface area contributed by atoms with Crippen LogP contribution in [0.5, 0.6) is 0 Å². The molecule has 6 heteroatoms. The lowest BCUT2D eigenvalue weighted by Gasteiger charge is -2.23. The fraction of sp³-hybridized carbons (Fsp3) is 0.417. The van der Waals surface area contributed by atoms with E-state index < -0.39 is 0 Å². The second kappa shape index (κ2) is 6.17. The molecule has 1 unspecified atom stereocenters. The molecule has 1 aromatic carbocycles. The van der Waals surface area contributed by atoms with Gasteiger partial charge in [-0.15, -0.1) is 0 Å². The normalized spacial score (nSPS) is 19.5. The molecular formula is C12H15BrN2O3. The van der Waals surface area contributed by atoms with E-state index >= 15 is 0 Å². The van der Waals surface area contributed by atoms with Crippen LogP contribution >= 0.6 is 15.9 Å². The lowest BCUT2D eigenvalue weighted by atomic mass is 10.2. The largest absolute Gasteiger partial charge is 0.398 e. The summed E-state index contributed by atoms with van der Waals surface area (Å²) in [6.45, 7) is 2.15. The number of anilines is 1. The number of halogens is 1. The van der Waals surface area contributed by atoms with Crippen molar-refractivity contribution in [1.29, 1.82) is 0 Å². The first-order valence-electron chi connectivity index (χ1n) is 5.69. The number of amides is 1. The van der Waals surface area contributed by atoms with Gasteiger partial charge in [0.25, 0.3) is 5.91 Å².